The molecule has 0 aromatic heterocycles. The Kier molecular flexibility index (Phi) is 4.22. The van der Waals surface area contributed by atoms with Gasteiger partial charge in [-0.05, 0) is 25.0 Å². The van der Waals surface area contributed by atoms with Crippen molar-refractivity contribution in [3.63, 3.8) is 0 Å². The normalized spacial score (nSPS) is 22.2. The Balaban J connectivity index is 2.09. The van der Waals surface area contributed by atoms with Crippen molar-refractivity contribution < 1.29 is 24.2 Å². The number of carboxylic acid groups (broad SMARTS) is 1. The van der Waals surface area contributed by atoms with Crippen molar-refractivity contribution in [1.29, 1.82) is 0 Å². The van der Waals surface area contributed by atoms with E-state index >= 15 is 0 Å². The number of carboxylic acids is 1. The van der Waals surface area contributed by atoms with Crippen molar-refractivity contribution in [3.8, 4) is 5.75 Å². The molecule has 0 heterocycles. The van der Waals surface area contributed by atoms with Gasteiger partial charge < -0.3 is 15.5 Å². The molecule has 0 bridgehead atoms. The van der Waals surface area contributed by atoms with Crippen LogP contribution in [0.4, 0.5) is 10.1 Å². The number of phenols is 1. The quantitative estimate of drug-likeness (QED) is 0.742. The standard InChI is InChI=1S/C14H16FNO4/c15-11-7-8(5-6-12(11)17)16-13(18)9-3-1-2-4-10(9)14(19)20/h5-7,9-10,17H,1-4H2,(H,16,18)(H,19,20)/t9-,10+/m1/s1. The number of hydrogen-bond acceptors (Lipinski definition) is 3. The van der Waals surface area contributed by atoms with Crippen LogP contribution >= 0.6 is 0 Å². The Bertz CT molecular complexity index is 532. The van der Waals surface area contributed by atoms with Crippen molar-refractivity contribution in [1.82, 2.24) is 0 Å². The van der Waals surface area contributed by atoms with E-state index in [1.807, 2.05) is 0 Å². The second-order valence-corrected chi connectivity index (χ2v) is 4.99. The maximum atomic E-state index is 13.2. The Hall–Kier alpha value is -2.11. The number of carbonyl (C=O) groups excluding carboxylic acids is 1. The lowest BCUT2D eigenvalue weighted by Crippen LogP contribution is -2.36. The zero-order valence-corrected chi connectivity index (χ0v) is 10.8. The van der Waals surface area contributed by atoms with E-state index in [-0.39, 0.29) is 5.69 Å². The zero-order chi connectivity index (χ0) is 14.7. The highest BCUT2D eigenvalue weighted by atomic mass is 19.1. The van der Waals surface area contributed by atoms with Crippen LogP contribution in [0.5, 0.6) is 5.75 Å². The molecule has 3 N–H and O–H groups in total. The van der Waals surface area contributed by atoms with Crippen LogP contribution in [0.25, 0.3) is 0 Å². The summed E-state index contributed by atoms with van der Waals surface area (Å²) in [6.45, 7) is 0. The number of hydrogen-bond donors (Lipinski definition) is 3. The molecule has 108 valence electrons. The first kappa shape index (κ1) is 14.3. The third-order valence-electron chi connectivity index (χ3n) is 3.64. The number of aromatic hydroxyl groups is 1. The molecule has 6 heteroatoms. The van der Waals surface area contributed by atoms with E-state index in [9.17, 15) is 14.0 Å². The van der Waals surface area contributed by atoms with Gasteiger partial charge in [-0.15, -0.1) is 0 Å². The highest BCUT2D eigenvalue weighted by Crippen LogP contribution is 2.31. The second kappa shape index (κ2) is 5.90. The smallest absolute Gasteiger partial charge is 0.307 e. The molecule has 0 radical (unpaired) electrons. The molecule has 1 amide bonds. The minimum atomic E-state index is -0.971. The van der Waals surface area contributed by atoms with Crippen molar-refractivity contribution in [3.05, 3.63) is 24.0 Å². The van der Waals surface area contributed by atoms with Crippen molar-refractivity contribution in [2.75, 3.05) is 5.32 Å². The van der Waals surface area contributed by atoms with Gasteiger partial charge >= 0.3 is 5.97 Å². The highest BCUT2D eigenvalue weighted by molar-refractivity contribution is 5.95. The van der Waals surface area contributed by atoms with E-state index in [0.717, 1.165) is 25.0 Å². The summed E-state index contributed by atoms with van der Waals surface area (Å²) in [6.07, 6.45) is 2.61. The van der Waals surface area contributed by atoms with Crippen LogP contribution in [0, 0.1) is 17.7 Å². The van der Waals surface area contributed by atoms with Gasteiger partial charge in [0.25, 0.3) is 0 Å². The zero-order valence-electron chi connectivity index (χ0n) is 10.8. The highest BCUT2D eigenvalue weighted by Gasteiger charge is 2.35. The summed E-state index contributed by atoms with van der Waals surface area (Å²) in [5.41, 5.74) is 0.208. The van der Waals surface area contributed by atoms with E-state index in [4.69, 9.17) is 10.2 Å². The lowest BCUT2D eigenvalue weighted by Gasteiger charge is -2.27. The molecule has 20 heavy (non-hydrogen) atoms. The summed E-state index contributed by atoms with van der Waals surface area (Å²) in [6, 6.07) is 3.52. The average Bonchev–Trinajstić information content (AvgIpc) is 2.43. The Morgan fingerprint density at radius 1 is 1.20 bits per heavy atom. The van der Waals surface area contributed by atoms with Crippen LogP contribution in [0.1, 0.15) is 25.7 Å². The molecule has 0 saturated heterocycles. The van der Waals surface area contributed by atoms with Gasteiger partial charge in [0.05, 0.1) is 11.8 Å². The SMILES string of the molecule is O=C(O)[C@H]1CCCC[C@H]1C(=O)Nc1ccc(O)c(F)c1. The Morgan fingerprint density at radius 2 is 1.85 bits per heavy atom. The Labute approximate surface area is 115 Å². The molecule has 1 aliphatic rings. The molecule has 0 spiro atoms. The van der Waals surface area contributed by atoms with Gasteiger partial charge in [-0.25, -0.2) is 4.39 Å². The number of benzene rings is 1. The summed E-state index contributed by atoms with van der Waals surface area (Å²) >= 11 is 0. The topological polar surface area (TPSA) is 86.6 Å². The molecular formula is C14H16FNO4. The van der Waals surface area contributed by atoms with Gasteiger partial charge in [-0.2, -0.15) is 0 Å². The van der Waals surface area contributed by atoms with E-state index < -0.39 is 35.3 Å². The summed E-state index contributed by atoms with van der Waals surface area (Å²) in [5.74, 6) is -4.00. The van der Waals surface area contributed by atoms with Crippen molar-refractivity contribution in [2.24, 2.45) is 11.8 Å². The summed E-state index contributed by atoms with van der Waals surface area (Å²) < 4.78 is 13.2. The number of aliphatic carboxylic acids is 1. The molecule has 2 rings (SSSR count). The van der Waals surface area contributed by atoms with Gasteiger partial charge in [0.2, 0.25) is 5.91 Å². The second-order valence-electron chi connectivity index (χ2n) is 4.99. The number of anilines is 1. The third-order valence-corrected chi connectivity index (χ3v) is 3.64. The molecular weight excluding hydrogens is 265 g/mol. The number of amides is 1. The summed E-state index contributed by atoms with van der Waals surface area (Å²) in [4.78, 5) is 23.3. The number of halogens is 1. The third kappa shape index (κ3) is 3.07. The number of nitrogens with one attached hydrogen (secondary N) is 1. The van der Waals surface area contributed by atoms with Crippen molar-refractivity contribution in [2.45, 2.75) is 25.7 Å². The number of phenolic OH excluding ortho intramolecular Hbond substituents is 1. The summed E-state index contributed by atoms with van der Waals surface area (Å²) in [5, 5.41) is 20.7. The monoisotopic (exact) mass is 281 g/mol. The molecule has 5 nitrogen and oxygen atoms in total. The fraction of sp³-hybridized carbons (Fsp3) is 0.429. The van der Waals surface area contributed by atoms with E-state index in [1.165, 1.54) is 6.07 Å². The summed E-state index contributed by atoms with van der Waals surface area (Å²) in [7, 11) is 0. The molecule has 1 aromatic rings. The van der Waals surface area contributed by atoms with Crippen molar-refractivity contribution >= 4 is 17.6 Å². The van der Waals surface area contributed by atoms with Gasteiger partial charge in [0, 0.05) is 11.8 Å². The number of carbonyl (C=O) groups is 2. The van der Waals surface area contributed by atoms with Crippen LogP contribution in [0.2, 0.25) is 0 Å². The average molecular weight is 281 g/mol. The molecule has 1 aromatic carbocycles. The first-order valence-corrected chi connectivity index (χ1v) is 6.51. The fourth-order valence-corrected chi connectivity index (χ4v) is 2.56. The Morgan fingerprint density at radius 3 is 2.45 bits per heavy atom. The van der Waals surface area contributed by atoms with Crippen LogP contribution in [-0.2, 0) is 9.59 Å². The first-order chi connectivity index (χ1) is 9.49. The molecule has 1 saturated carbocycles. The predicted molar refractivity (Wildman–Crippen MR) is 69.8 cm³/mol. The molecule has 1 aliphatic carbocycles. The largest absolute Gasteiger partial charge is 0.505 e. The molecule has 1 fully saturated rings. The van der Waals surface area contributed by atoms with Gasteiger partial charge in [-0.3, -0.25) is 9.59 Å². The van der Waals surface area contributed by atoms with E-state index in [1.54, 1.807) is 0 Å². The predicted octanol–water partition coefficient (Wildman–Crippen LogP) is 2.36. The maximum Gasteiger partial charge on any atom is 0.307 e. The lowest BCUT2D eigenvalue weighted by atomic mass is 9.78. The van der Waals surface area contributed by atoms with Gasteiger partial charge in [0.1, 0.15) is 0 Å². The lowest BCUT2D eigenvalue weighted by molar-refractivity contribution is -0.147. The van der Waals surface area contributed by atoms with Crippen LogP contribution in [-0.4, -0.2) is 22.1 Å². The van der Waals surface area contributed by atoms with E-state index in [2.05, 4.69) is 5.32 Å². The van der Waals surface area contributed by atoms with Crippen LogP contribution < -0.4 is 5.32 Å². The van der Waals surface area contributed by atoms with Gasteiger partial charge in [-0.1, -0.05) is 12.8 Å². The molecule has 0 unspecified atom stereocenters. The first-order valence-electron chi connectivity index (χ1n) is 6.51. The van der Waals surface area contributed by atoms with Crippen LogP contribution in [0.3, 0.4) is 0 Å². The van der Waals surface area contributed by atoms with E-state index in [0.29, 0.717) is 12.8 Å². The minimum absolute atomic E-state index is 0.208. The molecule has 0 aliphatic heterocycles. The molecule has 2 atom stereocenters. The minimum Gasteiger partial charge on any atom is -0.505 e. The van der Waals surface area contributed by atoms with Crippen LogP contribution in [0.15, 0.2) is 18.2 Å². The van der Waals surface area contributed by atoms with Gasteiger partial charge in [0.15, 0.2) is 11.6 Å². The number of rotatable bonds is 3. The fourth-order valence-electron chi connectivity index (χ4n) is 2.56. The maximum absolute atomic E-state index is 13.2.